The zero-order chi connectivity index (χ0) is 20.5. The Balaban J connectivity index is 1.39. The molecule has 1 N–H and O–H groups in total. The molecule has 1 aromatic carbocycles. The van der Waals surface area contributed by atoms with Gasteiger partial charge < -0.3 is 15.0 Å². The Bertz CT molecular complexity index is 797. The molecule has 3 rings (SSSR count). The van der Waals surface area contributed by atoms with E-state index in [0.29, 0.717) is 18.7 Å². The van der Waals surface area contributed by atoms with Crippen LogP contribution in [-0.2, 0) is 11.3 Å². The van der Waals surface area contributed by atoms with Gasteiger partial charge in [-0.05, 0) is 55.2 Å². The highest BCUT2D eigenvalue weighted by Gasteiger charge is 2.13. The third-order valence-corrected chi connectivity index (χ3v) is 4.96. The van der Waals surface area contributed by atoms with Gasteiger partial charge in [0.05, 0.1) is 6.61 Å². The molecule has 0 aliphatic carbocycles. The summed E-state index contributed by atoms with van der Waals surface area (Å²) in [4.78, 5) is 31.1. The number of rotatable bonds is 10. The number of anilines is 1. The van der Waals surface area contributed by atoms with E-state index in [9.17, 15) is 9.59 Å². The molecule has 1 fully saturated rings. The van der Waals surface area contributed by atoms with Crippen molar-refractivity contribution in [3.63, 3.8) is 0 Å². The topological polar surface area (TPSA) is 71.5 Å². The molecular formula is C23H29N3O3. The van der Waals surface area contributed by atoms with Gasteiger partial charge in [0, 0.05) is 44.2 Å². The Morgan fingerprint density at radius 2 is 1.83 bits per heavy atom. The summed E-state index contributed by atoms with van der Waals surface area (Å²) in [7, 11) is 0. The zero-order valence-corrected chi connectivity index (χ0v) is 17.0. The van der Waals surface area contributed by atoms with Gasteiger partial charge in [-0.1, -0.05) is 13.0 Å². The van der Waals surface area contributed by atoms with E-state index in [-0.39, 0.29) is 24.5 Å². The number of nitrogens with one attached hydrogen (secondary N) is 1. The highest BCUT2D eigenvalue weighted by atomic mass is 16.5. The second-order valence-electron chi connectivity index (χ2n) is 7.29. The van der Waals surface area contributed by atoms with Crippen LogP contribution in [0.5, 0.6) is 5.75 Å². The number of hydrogen-bond acceptors (Lipinski definition) is 5. The highest BCUT2D eigenvalue weighted by Crippen LogP contribution is 2.17. The maximum atomic E-state index is 12.3. The van der Waals surface area contributed by atoms with Crippen molar-refractivity contribution in [2.24, 2.45) is 0 Å². The van der Waals surface area contributed by atoms with Crippen molar-refractivity contribution in [3.8, 4) is 5.75 Å². The minimum Gasteiger partial charge on any atom is -0.494 e. The molecule has 6 nitrogen and oxygen atoms in total. The summed E-state index contributed by atoms with van der Waals surface area (Å²) in [6, 6.07) is 11.1. The molecule has 0 saturated carbocycles. The number of carbonyl (C=O) groups is 2. The lowest BCUT2D eigenvalue weighted by molar-refractivity contribution is -0.121. The van der Waals surface area contributed by atoms with E-state index in [1.54, 1.807) is 30.5 Å². The van der Waals surface area contributed by atoms with Gasteiger partial charge in [0.1, 0.15) is 11.6 Å². The number of nitrogens with zero attached hydrogens (tertiary/aromatic N) is 2. The van der Waals surface area contributed by atoms with Gasteiger partial charge in [0.2, 0.25) is 5.91 Å². The Labute approximate surface area is 172 Å². The first-order valence-corrected chi connectivity index (χ1v) is 10.4. The number of aromatic nitrogens is 1. The number of Topliss-reactive ketones (excluding diaryl/α,β-unsaturated/α-hetero) is 1. The molecule has 0 atom stereocenters. The predicted octanol–water partition coefficient (Wildman–Crippen LogP) is 3.75. The number of pyridine rings is 1. The molecule has 0 bridgehead atoms. The monoisotopic (exact) mass is 395 g/mol. The first-order valence-electron chi connectivity index (χ1n) is 10.4. The largest absolute Gasteiger partial charge is 0.494 e. The molecule has 0 radical (unpaired) electrons. The number of ketones is 1. The first kappa shape index (κ1) is 20.8. The SMILES string of the molecule is CCCOc1ccc(C(=O)CCC(=O)NCc2ccc(N3CCCC3)nc2)cc1. The lowest BCUT2D eigenvalue weighted by Crippen LogP contribution is -2.23. The summed E-state index contributed by atoms with van der Waals surface area (Å²) in [5, 5.41) is 2.86. The number of ether oxygens (including phenoxy) is 1. The molecular weight excluding hydrogens is 366 g/mol. The molecule has 1 aliphatic rings. The molecule has 2 heterocycles. The van der Waals surface area contributed by atoms with Gasteiger partial charge in [0.15, 0.2) is 5.78 Å². The number of amides is 1. The Morgan fingerprint density at radius 1 is 1.07 bits per heavy atom. The fourth-order valence-electron chi connectivity index (χ4n) is 3.27. The lowest BCUT2D eigenvalue weighted by atomic mass is 10.1. The van der Waals surface area contributed by atoms with Gasteiger partial charge in [-0.25, -0.2) is 4.98 Å². The van der Waals surface area contributed by atoms with Crippen molar-refractivity contribution >= 4 is 17.5 Å². The number of hydrogen-bond donors (Lipinski definition) is 1. The van der Waals surface area contributed by atoms with E-state index in [2.05, 4.69) is 15.2 Å². The Kier molecular flexibility index (Phi) is 7.61. The smallest absolute Gasteiger partial charge is 0.220 e. The van der Waals surface area contributed by atoms with Gasteiger partial charge in [-0.3, -0.25) is 9.59 Å². The molecule has 0 unspecified atom stereocenters. The van der Waals surface area contributed by atoms with Crippen LogP contribution >= 0.6 is 0 Å². The van der Waals surface area contributed by atoms with Crippen LogP contribution in [0.4, 0.5) is 5.82 Å². The molecule has 0 spiro atoms. The van der Waals surface area contributed by atoms with Crippen molar-refractivity contribution < 1.29 is 14.3 Å². The fourth-order valence-corrected chi connectivity index (χ4v) is 3.27. The van der Waals surface area contributed by atoms with Crippen molar-refractivity contribution in [1.29, 1.82) is 0 Å². The molecule has 29 heavy (non-hydrogen) atoms. The van der Waals surface area contributed by atoms with Crippen molar-refractivity contribution in [3.05, 3.63) is 53.7 Å². The van der Waals surface area contributed by atoms with E-state index in [1.807, 2.05) is 19.1 Å². The van der Waals surface area contributed by atoms with Crippen molar-refractivity contribution in [1.82, 2.24) is 10.3 Å². The summed E-state index contributed by atoms with van der Waals surface area (Å²) >= 11 is 0. The predicted molar refractivity (Wildman–Crippen MR) is 113 cm³/mol. The molecule has 2 aromatic rings. The number of benzene rings is 1. The maximum Gasteiger partial charge on any atom is 0.220 e. The maximum absolute atomic E-state index is 12.3. The number of carbonyl (C=O) groups excluding carboxylic acids is 2. The van der Waals surface area contributed by atoms with Gasteiger partial charge >= 0.3 is 0 Å². The van der Waals surface area contributed by atoms with E-state index < -0.39 is 0 Å². The van der Waals surface area contributed by atoms with Crippen molar-refractivity contribution in [2.45, 2.75) is 45.6 Å². The quantitative estimate of drug-likeness (QED) is 0.621. The standard InChI is InChI=1S/C23H29N3O3/c1-2-15-29-20-8-6-19(7-9-20)21(27)10-12-23(28)25-17-18-5-11-22(24-16-18)26-13-3-4-14-26/h5-9,11,16H,2-4,10,12-15,17H2,1H3,(H,25,28). The minimum atomic E-state index is -0.134. The average Bonchev–Trinajstić information content (AvgIpc) is 3.30. The van der Waals surface area contributed by atoms with Gasteiger partial charge in [-0.15, -0.1) is 0 Å². The van der Waals surface area contributed by atoms with Crippen LogP contribution in [0.3, 0.4) is 0 Å². The average molecular weight is 396 g/mol. The van der Waals surface area contributed by atoms with Crippen LogP contribution in [0.25, 0.3) is 0 Å². The van der Waals surface area contributed by atoms with Crippen LogP contribution in [0, 0.1) is 0 Å². The van der Waals surface area contributed by atoms with E-state index >= 15 is 0 Å². The minimum absolute atomic E-state index is 0.0428. The van der Waals surface area contributed by atoms with Gasteiger partial charge in [0.25, 0.3) is 0 Å². The molecule has 1 aliphatic heterocycles. The van der Waals surface area contributed by atoms with Crippen LogP contribution in [-0.4, -0.2) is 36.4 Å². The summed E-state index contributed by atoms with van der Waals surface area (Å²) in [6.07, 6.45) is 5.54. The molecule has 1 amide bonds. The van der Waals surface area contributed by atoms with E-state index in [1.165, 1.54) is 12.8 Å². The normalized spacial score (nSPS) is 13.3. The Hall–Kier alpha value is -2.89. The van der Waals surface area contributed by atoms with E-state index in [4.69, 9.17) is 4.74 Å². The van der Waals surface area contributed by atoms with E-state index in [0.717, 1.165) is 36.6 Å². The summed E-state index contributed by atoms with van der Waals surface area (Å²) < 4.78 is 5.52. The summed E-state index contributed by atoms with van der Waals surface area (Å²) in [5.41, 5.74) is 1.55. The third-order valence-electron chi connectivity index (χ3n) is 4.96. The van der Waals surface area contributed by atoms with Crippen LogP contribution < -0.4 is 15.0 Å². The van der Waals surface area contributed by atoms with Crippen LogP contribution in [0.15, 0.2) is 42.6 Å². The summed E-state index contributed by atoms with van der Waals surface area (Å²) in [5.74, 6) is 1.57. The third kappa shape index (κ3) is 6.31. The second-order valence-corrected chi connectivity index (χ2v) is 7.29. The van der Waals surface area contributed by atoms with Gasteiger partial charge in [-0.2, -0.15) is 0 Å². The molecule has 6 heteroatoms. The summed E-state index contributed by atoms with van der Waals surface area (Å²) in [6.45, 7) is 5.24. The zero-order valence-electron chi connectivity index (χ0n) is 17.0. The van der Waals surface area contributed by atoms with Crippen LogP contribution in [0.2, 0.25) is 0 Å². The molecule has 154 valence electrons. The fraction of sp³-hybridized carbons (Fsp3) is 0.435. The van der Waals surface area contributed by atoms with Crippen molar-refractivity contribution in [2.75, 3.05) is 24.6 Å². The highest BCUT2D eigenvalue weighted by molar-refractivity contribution is 5.98. The molecule has 1 saturated heterocycles. The Morgan fingerprint density at radius 3 is 2.48 bits per heavy atom. The lowest BCUT2D eigenvalue weighted by Gasteiger charge is -2.16. The van der Waals surface area contributed by atoms with Crippen LogP contribution in [0.1, 0.15) is 54.9 Å². The first-order chi connectivity index (χ1) is 14.2. The molecule has 1 aromatic heterocycles. The second kappa shape index (κ2) is 10.6.